The molecule has 0 aromatic carbocycles. The second-order valence-corrected chi connectivity index (χ2v) is 4.83. The molecule has 5 nitrogen and oxygen atoms in total. The fraction of sp³-hybridized carbons (Fsp3) is 0.818. The molecule has 0 aromatic rings. The van der Waals surface area contributed by atoms with Gasteiger partial charge in [-0.1, -0.05) is 6.92 Å². The molecule has 2 N–H and O–H groups in total. The molecule has 0 bridgehead atoms. The van der Waals surface area contributed by atoms with Crippen molar-refractivity contribution in [3.63, 3.8) is 0 Å². The van der Waals surface area contributed by atoms with Crippen molar-refractivity contribution in [2.75, 3.05) is 13.1 Å². The van der Waals surface area contributed by atoms with E-state index in [0.29, 0.717) is 13.1 Å². The Labute approximate surface area is 95.8 Å². The van der Waals surface area contributed by atoms with Crippen molar-refractivity contribution in [3.8, 4) is 0 Å². The second kappa shape index (κ2) is 4.82. The Hall–Kier alpha value is -1.10. The molecule has 1 amide bonds. The number of amides is 1. The number of rotatable bonds is 4. The zero-order chi connectivity index (χ0) is 12.3. The third kappa shape index (κ3) is 2.72. The second-order valence-electron chi connectivity index (χ2n) is 4.83. The summed E-state index contributed by atoms with van der Waals surface area (Å²) in [7, 11) is 0. The number of carbonyl (C=O) groups excluding carboxylic acids is 1. The zero-order valence-corrected chi connectivity index (χ0v) is 10.1. The van der Waals surface area contributed by atoms with E-state index in [1.54, 1.807) is 4.90 Å². The molecule has 0 aliphatic carbocycles. The highest BCUT2D eigenvalue weighted by atomic mass is 16.4. The minimum atomic E-state index is -0.943. The van der Waals surface area contributed by atoms with Gasteiger partial charge in [0.2, 0.25) is 5.91 Å². The summed E-state index contributed by atoms with van der Waals surface area (Å²) in [5.41, 5.74) is -0.234. The topological polar surface area (TPSA) is 69.6 Å². The van der Waals surface area contributed by atoms with Crippen LogP contribution in [0.5, 0.6) is 0 Å². The highest BCUT2D eigenvalue weighted by Crippen LogP contribution is 2.21. The fourth-order valence-corrected chi connectivity index (χ4v) is 2.01. The molecule has 1 rings (SSSR count). The normalized spacial score (nSPS) is 24.6. The Bertz CT molecular complexity index is 289. The van der Waals surface area contributed by atoms with Gasteiger partial charge < -0.3 is 15.3 Å². The molecule has 16 heavy (non-hydrogen) atoms. The average Bonchev–Trinajstić information content (AvgIpc) is 2.17. The van der Waals surface area contributed by atoms with Crippen molar-refractivity contribution >= 4 is 11.9 Å². The highest BCUT2D eigenvalue weighted by molar-refractivity contribution is 5.87. The van der Waals surface area contributed by atoms with Crippen LogP contribution in [0, 0.1) is 0 Å². The van der Waals surface area contributed by atoms with Crippen molar-refractivity contribution in [2.24, 2.45) is 0 Å². The van der Waals surface area contributed by atoms with E-state index in [1.165, 1.54) is 0 Å². The fourth-order valence-electron chi connectivity index (χ4n) is 2.01. The van der Waals surface area contributed by atoms with Crippen molar-refractivity contribution in [1.82, 2.24) is 10.2 Å². The minimum absolute atomic E-state index is 0.0968. The number of piperazine rings is 1. The molecule has 1 saturated heterocycles. The Kier molecular flexibility index (Phi) is 3.91. The SMILES string of the molecule is CCCN1C(=O)C(CC(=O)O)NCC1(C)C. The van der Waals surface area contributed by atoms with E-state index in [2.05, 4.69) is 5.32 Å². The number of hydrogen-bond acceptors (Lipinski definition) is 3. The first kappa shape index (κ1) is 13.0. The molecule has 1 fully saturated rings. The summed E-state index contributed by atoms with van der Waals surface area (Å²) >= 11 is 0. The van der Waals surface area contributed by atoms with E-state index in [-0.39, 0.29) is 17.9 Å². The predicted molar refractivity (Wildman–Crippen MR) is 60.1 cm³/mol. The Morgan fingerprint density at radius 3 is 2.75 bits per heavy atom. The minimum Gasteiger partial charge on any atom is -0.481 e. The van der Waals surface area contributed by atoms with Gasteiger partial charge in [0, 0.05) is 18.6 Å². The zero-order valence-electron chi connectivity index (χ0n) is 10.1. The monoisotopic (exact) mass is 228 g/mol. The lowest BCUT2D eigenvalue weighted by Crippen LogP contribution is -2.65. The van der Waals surface area contributed by atoms with Gasteiger partial charge in [-0.3, -0.25) is 9.59 Å². The molecule has 1 heterocycles. The Morgan fingerprint density at radius 1 is 1.62 bits per heavy atom. The molecule has 1 unspecified atom stereocenters. The molecule has 0 saturated carbocycles. The summed E-state index contributed by atoms with van der Waals surface area (Å²) in [6.07, 6.45) is 0.740. The van der Waals surface area contributed by atoms with Crippen molar-refractivity contribution in [3.05, 3.63) is 0 Å². The lowest BCUT2D eigenvalue weighted by molar-refractivity contribution is -0.148. The lowest BCUT2D eigenvalue weighted by Gasteiger charge is -2.45. The highest BCUT2D eigenvalue weighted by Gasteiger charge is 2.39. The number of carbonyl (C=O) groups is 2. The van der Waals surface area contributed by atoms with Gasteiger partial charge >= 0.3 is 5.97 Å². The summed E-state index contributed by atoms with van der Waals surface area (Å²) in [5.74, 6) is -1.04. The number of nitrogens with zero attached hydrogens (tertiary/aromatic N) is 1. The Morgan fingerprint density at radius 2 is 2.25 bits per heavy atom. The molecule has 92 valence electrons. The average molecular weight is 228 g/mol. The van der Waals surface area contributed by atoms with Gasteiger partial charge in [-0.15, -0.1) is 0 Å². The van der Waals surface area contributed by atoms with Crippen LogP contribution in [0.25, 0.3) is 0 Å². The lowest BCUT2D eigenvalue weighted by atomic mass is 9.95. The molecular formula is C11H20N2O3. The van der Waals surface area contributed by atoms with Gasteiger partial charge in [0.1, 0.15) is 0 Å². The van der Waals surface area contributed by atoms with Crippen molar-refractivity contribution in [1.29, 1.82) is 0 Å². The summed E-state index contributed by atoms with van der Waals surface area (Å²) in [4.78, 5) is 24.5. The Balaban J connectivity index is 2.76. The standard InChI is InChI=1S/C11H20N2O3/c1-4-5-13-10(16)8(6-9(14)15)12-7-11(13,2)3/h8,12H,4-7H2,1-3H3,(H,14,15). The summed E-state index contributed by atoms with van der Waals surface area (Å²) in [5, 5.41) is 11.7. The molecule has 1 aliphatic heterocycles. The van der Waals surface area contributed by atoms with Gasteiger partial charge in [0.15, 0.2) is 0 Å². The van der Waals surface area contributed by atoms with Crippen LogP contribution in [0.15, 0.2) is 0 Å². The number of nitrogens with one attached hydrogen (secondary N) is 1. The summed E-state index contributed by atoms with van der Waals surface area (Å²) in [6, 6.07) is -0.572. The number of hydrogen-bond donors (Lipinski definition) is 2. The van der Waals surface area contributed by atoms with Crippen molar-refractivity contribution in [2.45, 2.75) is 45.2 Å². The quantitative estimate of drug-likeness (QED) is 0.733. The van der Waals surface area contributed by atoms with Gasteiger partial charge in [-0.05, 0) is 20.3 Å². The van der Waals surface area contributed by atoms with Crippen LogP contribution < -0.4 is 5.32 Å². The molecule has 0 aromatic heterocycles. The van der Waals surface area contributed by atoms with Crippen LogP contribution in [0.2, 0.25) is 0 Å². The predicted octanol–water partition coefficient (Wildman–Crippen LogP) is 0.450. The third-order valence-electron chi connectivity index (χ3n) is 2.90. The first-order valence-electron chi connectivity index (χ1n) is 5.65. The van der Waals surface area contributed by atoms with E-state index in [1.807, 2.05) is 20.8 Å². The first-order chi connectivity index (χ1) is 7.38. The van der Waals surface area contributed by atoms with Gasteiger partial charge in [-0.25, -0.2) is 0 Å². The van der Waals surface area contributed by atoms with Crippen LogP contribution in [0.1, 0.15) is 33.6 Å². The smallest absolute Gasteiger partial charge is 0.305 e. The van der Waals surface area contributed by atoms with Gasteiger partial charge in [-0.2, -0.15) is 0 Å². The van der Waals surface area contributed by atoms with Gasteiger partial charge in [0.05, 0.1) is 12.5 Å². The third-order valence-corrected chi connectivity index (χ3v) is 2.90. The van der Waals surface area contributed by atoms with E-state index in [9.17, 15) is 9.59 Å². The first-order valence-corrected chi connectivity index (χ1v) is 5.65. The van der Waals surface area contributed by atoms with Crippen LogP contribution >= 0.6 is 0 Å². The van der Waals surface area contributed by atoms with E-state index in [4.69, 9.17) is 5.11 Å². The molecule has 1 aliphatic rings. The van der Waals surface area contributed by atoms with Gasteiger partial charge in [0.25, 0.3) is 0 Å². The molecule has 0 radical (unpaired) electrons. The van der Waals surface area contributed by atoms with E-state index >= 15 is 0 Å². The molecule has 1 atom stereocenters. The van der Waals surface area contributed by atoms with Crippen LogP contribution in [-0.4, -0.2) is 46.6 Å². The maximum absolute atomic E-state index is 12.1. The largest absolute Gasteiger partial charge is 0.481 e. The molecule has 0 spiro atoms. The maximum Gasteiger partial charge on any atom is 0.305 e. The molecular weight excluding hydrogens is 208 g/mol. The number of carboxylic acids is 1. The van der Waals surface area contributed by atoms with Crippen LogP contribution in [0.4, 0.5) is 0 Å². The van der Waals surface area contributed by atoms with Crippen LogP contribution in [-0.2, 0) is 9.59 Å². The number of aliphatic carboxylic acids is 1. The van der Waals surface area contributed by atoms with Crippen molar-refractivity contribution < 1.29 is 14.7 Å². The maximum atomic E-state index is 12.1. The summed E-state index contributed by atoms with van der Waals surface area (Å²) in [6.45, 7) is 7.31. The number of carboxylic acid groups (broad SMARTS) is 1. The summed E-state index contributed by atoms with van der Waals surface area (Å²) < 4.78 is 0. The van der Waals surface area contributed by atoms with Crippen LogP contribution in [0.3, 0.4) is 0 Å². The molecule has 5 heteroatoms. The van der Waals surface area contributed by atoms with E-state index in [0.717, 1.165) is 6.42 Å². The van der Waals surface area contributed by atoms with E-state index < -0.39 is 12.0 Å².